The summed E-state index contributed by atoms with van der Waals surface area (Å²) < 4.78 is 2.16. The molecule has 0 radical (unpaired) electrons. The van der Waals surface area contributed by atoms with E-state index in [9.17, 15) is 0 Å². The minimum atomic E-state index is 0.283. The van der Waals surface area contributed by atoms with Gasteiger partial charge in [-0.2, -0.15) is 0 Å². The Labute approximate surface area is 84.7 Å². The van der Waals surface area contributed by atoms with E-state index in [-0.39, 0.29) is 5.54 Å². The van der Waals surface area contributed by atoms with Crippen LogP contribution in [0, 0.1) is 0 Å². The molecule has 14 heavy (non-hydrogen) atoms. The summed E-state index contributed by atoms with van der Waals surface area (Å²) in [7, 11) is 0. The Morgan fingerprint density at radius 2 is 2.07 bits per heavy atom. The van der Waals surface area contributed by atoms with E-state index in [4.69, 9.17) is 0 Å². The van der Waals surface area contributed by atoms with Crippen LogP contribution in [-0.4, -0.2) is 20.3 Å². The normalized spacial score (nSPS) is 18.2. The van der Waals surface area contributed by atoms with E-state index in [0.717, 1.165) is 24.7 Å². The molecule has 1 aromatic heterocycles. The molecule has 1 aliphatic rings. The second-order valence-electron chi connectivity index (χ2n) is 4.22. The molecule has 1 saturated carbocycles. The fraction of sp³-hybridized carbons (Fsp3) is 0.800. The van der Waals surface area contributed by atoms with Gasteiger partial charge in [0.1, 0.15) is 5.82 Å². The standard InChI is InChI=1S/C10H18N4/c1-4-8-12-13-9(14(8)5-2)11-10(3)6-7-10/h4-7H2,1-3H3,(H,11,13). The topological polar surface area (TPSA) is 42.7 Å². The van der Waals surface area contributed by atoms with Gasteiger partial charge in [-0.05, 0) is 26.7 Å². The van der Waals surface area contributed by atoms with Crippen molar-refractivity contribution in [1.82, 2.24) is 14.8 Å². The van der Waals surface area contributed by atoms with Gasteiger partial charge in [0.25, 0.3) is 0 Å². The van der Waals surface area contributed by atoms with Crippen LogP contribution in [0.25, 0.3) is 0 Å². The van der Waals surface area contributed by atoms with E-state index < -0.39 is 0 Å². The van der Waals surface area contributed by atoms with Gasteiger partial charge in [0.2, 0.25) is 5.95 Å². The summed E-state index contributed by atoms with van der Waals surface area (Å²) >= 11 is 0. The van der Waals surface area contributed by atoms with Gasteiger partial charge in [-0.1, -0.05) is 6.92 Å². The van der Waals surface area contributed by atoms with Crippen molar-refractivity contribution in [3.63, 3.8) is 0 Å². The highest BCUT2D eigenvalue weighted by molar-refractivity contribution is 5.33. The molecule has 4 nitrogen and oxygen atoms in total. The van der Waals surface area contributed by atoms with Crippen LogP contribution < -0.4 is 5.32 Å². The summed E-state index contributed by atoms with van der Waals surface area (Å²) in [6.07, 6.45) is 3.43. The first-order valence-electron chi connectivity index (χ1n) is 5.39. The zero-order chi connectivity index (χ0) is 10.2. The Morgan fingerprint density at radius 3 is 2.57 bits per heavy atom. The molecule has 1 N–H and O–H groups in total. The van der Waals surface area contributed by atoms with Gasteiger partial charge >= 0.3 is 0 Å². The van der Waals surface area contributed by atoms with E-state index in [1.54, 1.807) is 0 Å². The number of rotatable bonds is 4. The molecule has 1 aliphatic carbocycles. The van der Waals surface area contributed by atoms with Crippen LogP contribution in [0.2, 0.25) is 0 Å². The fourth-order valence-corrected chi connectivity index (χ4v) is 1.60. The molecule has 0 unspecified atom stereocenters. The largest absolute Gasteiger partial charge is 0.349 e. The number of nitrogens with zero attached hydrogens (tertiary/aromatic N) is 3. The molecule has 0 bridgehead atoms. The van der Waals surface area contributed by atoms with Crippen molar-refractivity contribution in [2.24, 2.45) is 0 Å². The van der Waals surface area contributed by atoms with Crippen molar-refractivity contribution in [3.8, 4) is 0 Å². The number of hydrogen-bond acceptors (Lipinski definition) is 3. The number of aromatic nitrogens is 3. The zero-order valence-electron chi connectivity index (χ0n) is 9.17. The molecular formula is C10H18N4. The Bertz CT molecular complexity index is 325. The van der Waals surface area contributed by atoms with E-state index in [1.165, 1.54) is 12.8 Å². The molecule has 0 saturated heterocycles. The van der Waals surface area contributed by atoms with E-state index in [2.05, 4.69) is 40.9 Å². The molecule has 0 atom stereocenters. The Balaban J connectivity index is 2.19. The van der Waals surface area contributed by atoms with Crippen LogP contribution >= 0.6 is 0 Å². The number of nitrogens with one attached hydrogen (secondary N) is 1. The minimum Gasteiger partial charge on any atom is -0.349 e. The van der Waals surface area contributed by atoms with Crippen molar-refractivity contribution in [2.45, 2.75) is 52.1 Å². The third-order valence-corrected chi connectivity index (χ3v) is 2.87. The van der Waals surface area contributed by atoms with Crippen LogP contribution in [0.4, 0.5) is 5.95 Å². The van der Waals surface area contributed by atoms with E-state index in [0.29, 0.717) is 0 Å². The zero-order valence-corrected chi connectivity index (χ0v) is 9.17. The van der Waals surface area contributed by atoms with Gasteiger partial charge in [-0.25, -0.2) is 0 Å². The van der Waals surface area contributed by atoms with Gasteiger partial charge in [0.05, 0.1) is 0 Å². The Kier molecular flexibility index (Phi) is 2.21. The van der Waals surface area contributed by atoms with Crippen LogP contribution in [0.5, 0.6) is 0 Å². The van der Waals surface area contributed by atoms with Crippen molar-refractivity contribution >= 4 is 5.95 Å². The maximum atomic E-state index is 4.19. The van der Waals surface area contributed by atoms with Crippen molar-refractivity contribution in [2.75, 3.05) is 5.32 Å². The average molecular weight is 194 g/mol. The summed E-state index contributed by atoms with van der Waals surface area (Å²) in [6, 6.07) is 0. The summed E-state index contributed by atoms with van der Waals surface area (Å²) in [4.78, 5) is 0. The lowest BCUT2D eigenvalue weighted by Gasteiger charge is -2.13. The first kappa shape index (κ1) is 9.49. The molecular weight excluding hydrogens is 176 g/mol. The van der Waals surface area contributed by atoms with Crippen LogP contribution in [0.15, 0.2) is 0 Å². The van der Waals surface area contributed by atoms with Crippen LogP contribution in [0.1, 0.15) is 39.4 Å². The molecule has 1 fully saturated rings. The lowest BCUT2D eigenvalue weighted by atomic mass is 10.3. The maximum absolute atomic E-state index is 4.19. The van der Waals surface area contributed by atoms with Crippen molar-refractivity contribution < 1.29 is 0 Å². The quantitative estimate of drug-likeness (QED) is 0.795. The third-order valence-electron chi connectivity index (χ3n) is 2.87. The van der Waals surface area contributed by atoms with Gasteiger partial charge in [0.15, 0.2) is 0 Å². The maximum Gasteiger partial charge on any atom is 0.225 e. The number of aryl methyl sites for hydroxylation is 1. The van der Waals surface area contributed by atoms with E-state index >= 15 is 0 Å². The summed E-state index contributed by atoms with van der Waals surface area (Å²) in [6.45, 7) is 7.41. The molecule has 78 valence electrons. The lowest BCUT2D eigenvalue weighted by molar-refractivity contribution is 0.693. The first-order chi connectivity index (χ1) is 6.68. The highest BCUT2D eigenvalue weighted by atomic mass is 15.4. The molecule has 1 aromatic rings. The molecule has 0 amide bonds. The number of hydrogen-bond donors (Lipinski definition) is 1. The third kappa shape index (κ3) is 1.61. The number of anilines is 1. The highest BCUT2D eigenvalue weighted by Gasteiger charge is 2.38. The van der Waals surface area contributed by atoms with Gasteiger partial charge in [0, 0.05) is 18.5 Å². The van der Waals surface area contributed by atoms with Crippen molar-refractivity contribution in [1.29, 1.82) is 0 Å². The molecule has 2 rings (SSSR count). The second kappa shape index (κ2) is 3.26. The molecule has 0 aromatic carbocycles. The molecule has 0 spiro atoms. The monoisotopic (exact) mass is 194 g/mol. The first-order valence-corrected chi connectivity index (χ1v) is 5.39. The van der Waals surface area contributed by atoms with Gasteiger partial charge in [-0.15, -0.1) is 10.2 Å². The summed E-state index contributed by atoms with van der Waals surface area (Å²) in [5.74, 6) is 2.00. The highest BCUT2D eigenvalue weighted by Crippen LogP contribution is 2.37. The van der Waals surface area contributed by atoms with Crippen LogP contribution in [-0.2, 0) is 13.0 Å². The lowest BCUT2D eigenvalue weighted by Crippen LogP contribution is -2.19. The molecule has 0 aliphatic heterocycles. The molecule has 1 heterocycles. The summed E-state index contributed by atoms with van der Waals surface area (Å²) in [5.41, 5.74) is 0.283. The van der Waals surface area contributed by atoms with E-state index in [1.807, 2.05) is 0 Å². The summed E-state index contributed by atoms with van der Waals surface area (Å²) in [5, 5.41) is 11.8. The Hall–Kier alpha value is -1.06. The van der Waals surface area contributed by atoms with Gasteiger partial charge < -0.3 is 5.32 Å². The smallest absolute Gasteiger partial charge is 0.225 e. The second-order valence-corrected chi connectivity index (χ2v) is 4.22. The van der Waals surface area contributed by atoms with Crippen LogP contribution in [0.3, 0.4) is 0 Å². The Morgan fingerprint density at radius 1 is 1.36 bits per heavy atom. The average Bonchev–Trinajstić information content (AvgIpc) is 2.78. The molecule has 4 heteroatoms. The van der Waals surface area contributed by atoms with Gasteiger partial charge in [-0.3, -0.25) is 4.57 Å². The van der Waals surface area contributed by atoms with Crippen molar-refractivity contribution in [3.05, 3.63) is 5.82 Å². The predicted octanol–water partition coefficient (Wildman–Crippen LogP) is 1.82. The minimum absolute atomic E-state index is 0.283. The fourth-order valence-electron chi connectivity index (χ4n) is 1.60. The predicted molar refractivity (Wildman–Crippen MR) is 56.3 cm³/mol. The SMILES string of the molecule is CCc1nnc(NC2(C)CC2)n1CC.